The van der Waals surface area contributed by atoms with E-state index in [-0.39, 0.29) is 18.5 Å². The monoisotopic (exact) mass is 344 g/mol. The van der Waals surface area contributed by atoms with Crippen LogP contribution in [0.4, 0.5) is 4.39 Å². The lowest BCUT2D eigenvalue weighted by Crippen LogP contribution is -2.53. The highest BCUT2D eigenvalue weighted by Crippen LogP contribution is 2.34. The Morgan fingerprint density at radius 3 is 2.60 bits per heavy atom. The smallest absolute Gasteiger partial charge is 0.264 e. The van der Waals surface area contributed by atoms with Crippen LogP contribution in [0.2, 0.25) is 0 Å². The summed E-state index contributed by atoms with van der Waals surface area (Å²) in [6, 6.07) is 14.0. The molecule has 0 unspecified atom stereocenters. The molecule has 2 aromatic rings. The van der Waals surface area contributed by atoms with Crippen LogP contribution < -0.4 is 15.8 Å². The molecule has 0 aliphatic carbocycles. The van der Waals surface area contributed by atoms with Gasteiger partial charge in [0.2, 0.25) is 0 Å². The fourth-order valence-corrected chi connectivity index (χ4v) is 3.05. The Labute approximate surface area is 145 Å². The minimum absolute atomic E-state index is 0.0203. The first-order valence-corrected chi connectivity index (χ1v) is 8.13. The Bertz CT molecular complexity index is 751. The topological polar surface area (TPSA) is 73.6 Å². The number of carbonyl (C=O) groups excluding carboxylic acids is 1. The van der Waals surface area contributed by atoms with Crippen LogP contribution >= 0.6 is 0 Å². The lowest BCUT2D eigenvalue weighted by atomic mass is 10.0. The molecule has 2 aromatic carbocycles. The van der Waals surface area contributed by atoms with Crippen LogP contribution in [0.15, 0.2) is 48.5 Å². The molecule has 1 heterocycles. The van der Waals surface area contributed by atoms with Gasteiger partial charge < -0.3 is 15.2 Å². The summed E-state index contributed by atoms with van der Waals surface area (Å²) in [5.41, 5.74) is 5.85. The first-order chi connectivity index (χ1) is 12.0. The molecule has 1 aliphatic heterocycles. The van der Waals surface area contributed by atoms with Gasteiger partial charge in [-0.2, -0.15) is 0 Å². The van der Waals surface area contributed by atoms with Crippen LogP contribution in [0.5, 0.6) is 5.75 Å². The molecule has 132 valence electrons. The van der Waals surface area contributed by atoms with E-state index in [1.807, 2.05) is 24.3 Å². The number of hydrogen-bond donors (Lipinski definition) is 2. The van der Waals surface area contributed by atoms with Gasteiger partial charge in [0.15, 0.2) is 5.72 Å². The van der Waals surface area contributed by atoms with E-state index >= 15 is 0 Å². The lowest BCUT2D eigenvalue weighted by Gasteiger charge is -2.25. The third-order valence-corrected chi connectivity index (χ3v) is 4.57. The van der Waals surface area contributed by atoms with Gasteiger partial charge in [0.05, 0.1) is 0 Å². The maximum Gasteiger partial charge on any atom is 0.264 e. The van der Waals surface area contributed by atoms with Gasteiger partial charge in [-0.15, -0.1) is 0 Å². The van der Waals surface area contributed by atoms with Crippen molar-refractivity contribution in [1.29, 1.82) is 0 Å². The van der Waals surface area contributed by atoms with Crippen LogP contribution in [0.3, 0.4) is 0 Å². The van der Waals surface area contributed by atoms with Gasteiger partial charge in [0.25, 0.3) is 5.91 Å². The zero-order chi connectivity index (χ0) is 17.9. The average molecular weight is 344 g/mol. The van der Waals surface area contributed by atoms with Crippen molar-refractivity contribution in [3.8, 4) is 5.75 Å². The van der Waals surface area contributed by atoms with Gasteiger partial charge in [-0.1, -0.05) is 30.3 Å². The highest BCUT2D eigenvalue weighted by atomic mass is 19.1. The van der Waals surface area contributed by atoms with E-state index in [2.05, 4.69) is 5.32 Å². The molecule has 3 N–H and O–H groups in total. The Hall–Kier alpha value is -2.44. The minimum Gasteiger partial charge on any atom is -0.489 e. The summed E-state index contributed by atoms with van der Waals surface area (Å²) >= 11 is 0. The van der Waals surface area contributed by atoms with Crippen molar-refractivity contribution in [3.63, 3.8) is 0 Å². The van der Waals surface area contributed by atoms with Gasteiger partial charge >= 0.3 is 0 Å². The molecule has 5 nitrogen and oxygen atoms in total. The second kappa shape index (κ2) is 7.21. The summed E-state index contributed by atoms with van der Waals surface area (Å²) in [7, 11) is 1.47. The van der Waals surface area contributed by atoms with Crippen molar-refractivity contribution < 1.29 is 18.7 Å². The summed E-state index contributed by atoms with van der Waals surface area (Å²) in [6.45, 7) is 0.169. The van der Waals surface area contributed by atoms with Crippen LogP contribution in [0, 0.1) is 5.82 Å². The van der Waals surface area contributed by atoms with Crippen molar-refractivity contribution in [1.82, 2.24) is 5.32 Å². The summed E-state index contributed by atoms with van der Waals surface area (Å²) in [6.07, 6.45) is 1.27. The van der Waals surface area contributed by atoms with Crippen molar-refractivity contribution in [3.05, 3.63) is 65.5 Å². The number of nitrogens with one attached hydrogen (secondary N) is 1. The number of amides is 1. The lowest BCUT2D eigenvalue weighted by molar-refractivity contribution is -0.142. The van der Waals surface area contributed by atoms with E-state index < -0.39 is 11.6 Å². The molecule has 0 bridgehead atoms. The zero-order valence-corrected chi connectivity index (χ0v) is 14.0. The number of rotatable bonds is 6. The van der Waals surface area contributed by atoms with Gasteiger partial charge in [-0.05, 0) is 30.2 Å². The second-order valence-corrected chi connectivity index (χ2v) is 6.08. The fraction of sp³-hybridized carbons (Fsp3) is 0.316. The number of hydrogen-bond acceptors (Lipinski definition) is 4. The van der Waals surface area contributed by atoms with Gasteiger partial charge in [0, 0.05) is 25.1 Å². The SMILES string of the molecule is CO[C@@]1(C(N)=O)CC[C@@H](c2ccc(OCc3ccccc3F)cc2)N1. The van der Waals surface area contributed by atoms with E-state index in [0.29, 0.717) is 17.7 Å². The van der Waals surface area contributed by atoms with E-state index in [9.17, 15) is 9.18 Å². The highest BCUT2D eigenvalue weighted by Gasteiger charge is 2.44. The van der Waals surface area contributed by atoms with E-state index in [1.54, 1.807) is 18.2 Å². The number of primary amides is 1. The molecule has 1 aliphatic rings. The molecule has 0 spiro atoms. The van der Waals surface area contributed by atoms with Crippen LogP contribution in [0.25, 0.3) is 0 Å². The Morgan fingerprint density at radius 1 is 1.28 bits per heavy atom. The predicted molar refractivity (Wildman–Crippen MR) is 91.2 cm³/mol. The maximum atomic E-state index is 13.6. The number of ether oxygens (including phenoxy) is 2. The maximum absolute atomic E-state index is 13.6. The van der Waals surface area contributed by atoms with Gasteiger partial charge in [0.1, 0.15) is 18.2 Å². The van der Waals surface area contributed by atoms with Crippen molar-refractivity contribution in [2.24, 2.45) is 5.73 Å². The number of methoxy groups -OCH3 is 1. The highest BCUT2D eigenvalue weighted by molar-refractivity contribution is 5.83. The Kier molecular flexibility index (Phi) is 5.01. The van der Waals surface area contributed by atoms with Gasteiger partial charge in [-0.3, -0.25) is 10.1 Å². The van der Waals surface area contributed by atoms with E-state index in [0.717, 1.165) is 12.0 Å². The Morgan fingerprint density at radius 2 is 2.00 bits per heavy atom. The summed E-state index contributed by atoms with van der Waals surface area (Å²) in [5.74, 6) is -0.142. The normalized spacial score (nSPS) is 22.7. The molecule has 0 saturated carbocycles. The van der Waals surface area contributed by atoms with Crippen molar-refractivity contribution >= 4 is 5.91 Å². The minimum atomic E-state index is -1.11. The average Bonchev–Trinajstić information content (AvgIpc) is 3.08. The number of halogens is 1. The zero-order valence-electron chi connectivity index (χ0n) is 14.0. The fourth-order valence-electron chi connectivity index (χ4n) is 3.05. The molecular weight excluding hydrogens is 323 g/mol. The molecule has 2 atom stereocenters. The van der Waals surface area contributed by atoms with E-state index in [1.165, 1.54) is 13.2 Å². The molecule has 0 aromatic heterocycles. The Balaban J connectivity index is 1.63. The molecule has 25 heavy (non-hydrogen) atoms. The molecule has 0 radical (unpaired) electrons. The summed E-state index contributed by atoms with van der Waals surface area (Å²) in [4.78, 5) is 11.6. The van der Waals surface area contributed by atoms with Gasteiger partial charge in [-0.25, -0.2) is 4.39 Å². The second-order valence-electron chi connectivity index (χ2n) is 6.08. The predicted octanol–water partition coefficient (Wildman–Crippen LogP) is 2.66. The van der Waals surface area contributed by atoms with Crippen LogP contribution in [-0.4, -0.2) is 18.7 Å². The van der Waals surface area contributed by atoms with Crippen LogP contribution in [-0.2, 0) is 16.1 Å². The molecule has 3 rings (SSSR count). The standard InChI is InChI=1S/C19H21FN2O3/c1-24-19(18(21)23)11-10-17(22-19)13-6-8-15(9-7-13)25-12-14-4-2-3-5-16(14)20/h2-9,17,22H,10-12H2,1H3,(H2,21,23)/t17-,19+/m0/s1. The summed E-state index contributed by atoms with van der Waals surface area (Å²) in [5, 5.41) is 3.17. The number of carbonyl (C=O) groups is 1. The molecule has 1 saturated heterocycles. The third-order valence-electron chi connectivity index (χ3n) is 4.57. The molecule has 1 amide bonds. The molecule has 6 heteroatoms. The first-order valence-electron chi connectivity index (χ1n) is 8.13. The van der Waals surface area contributed by atoms with Crippen LogP contribution in [0.1, 0.15) is 30.0 Å². The molecule has 1 fully saturated rings. The third kappa shape index (κ3) is 3.65. The largest absolute Gasteiger partial charge is 0.489 e. The number of benzene rings is 2. The van der Waals surface area contributed by atoms with Crippen molar-refractivity contribution in [2.75, 3.05) is 7.11 Å². The first kappa shape index (κ1) is 17.4. The quantitative estimate of drug-likeness (QED) is 0.845. The number of nitrogens with two attached hydrogens (primary N) is 1. The van der Waals surface area contributed by atoms with Crippen molar-refractivity contribution in [2.45, 2.75) is 31.2 Å². The van der Waals surface area contributed by atoms with E-state index in [4.69, 9.17) is 15.2 Å². The summed E-state index contributed by atoms with van der Waals surface area (Å²) < 4.78 is 24.5. The molecular formula is C19H21FN2O3.